The van der Waals surface area contributed by atoms with Crippen LogP contribution in [0.25, 0.3) is 32.4 Å². The van der Waals surface area contributed by atoms with Gasteiger partial charge in [0.25, 0.3) is 12.3 Å². The maximum absolute atomic E-state index is 15.3. The normalized spacial score (nSPS) is 18.0. The van der Waals surface area contributed by atoms with E-state index in [4.69, 9.17) is 11.6 Å². The predicted octanol–water partition coefficient (Wildman–Crippen LogP) is 6.28. The smallest absolute Gasteiger partial charge is 0.306 e. The number of aryl methyl sites for hydroxylation is 1. The van der Waals surface area contributed by atoms with Gasteiger partial charge in [0.15, 0.2) is 11.5 Å². The summed E-state index contributed by atoms with van der Waals surface area (Å²) in [5.74, 6) is -8.43. The molecule has 8 rings (SSSR count). The first-order chi connectivity index (χ1) is 25.4. The van der Waals surface area contributed by atoms with Gasteiger partial charge in [0, 0.05) is 35.7 Å². The number of carbonyl (C=O) groups is 1. The van der Waals surface area contributed by atoms with Crippen molar-refractivity contribution in [3.63, 3.8) is 0 Å². The van der Waals surface area contributed by atoms with E-state index in [0.717, 1.165) is 29.7 Å². The summed E-state index contributed by atoms with van der Waals surface area (Å²) in [6.45, 7) is -0.918. The van der Waals surface area contributed by atoms with Crippen LogP contribution in [0.4, 0.5) is 32.2 Å². The molecule has 12 nitrogen and oxygen atoms in total. The van der Waals surface area contributed by atoms with Gasteiger partial charge in [0.05, 0.1) is 38.6 Å². The molecule has 6 aromatic rings. The predicted molar refractivity (Wildman–Crippen MR) is 186 cm³/mol. The number of hydrogen-bond donors (Lipinski definition) is 3. The minimum atomic E-state index is -3.83. The summed E-state index contributed by atoms with van der Waals surface area (Å²) in [6.07, 6.45) is -2.57. The van der Waals surface area contributed by atoms with Crippen LogP contribution >= 0.6 is 22.9 Å². The number of sulfonamides is 1. The highest BCUT2D eigenvalue weighted by atomic mass is 35.5. The summed E-state index contributed by atoms with van der Waals surface area (Å²) in [4.78, 5) is 33.1. The van der Waals surface area contributed by atoms with Crippen LogP contribution in [0.2, 0.25) is 5.02 Å². The van der Waals surface area contributed by atoms with E-state index < -0.39 is 80.6 Å². The summed E-state index contributed by atoms with van der Waals surface area (Å²) in [5.41, 5.74) is -0.858. The standard InChI is InChI=1S/C33H25ClF6N8O4S2/c1-47-27-15(3-4-19(34)24(27)31(45-47)46-54(2,51)52)16-10-21-30(43-32(50)53-21)42-25(16)20(7-12-5-13(35)8-14(36)6-12)41-22(49)11-48-28-23(26(44-48)29(37)38)17-9-18(17)33(28,39)40/h3-6,8,10,17-18,20,29H,7,9,11H2,1-2H3,(H,41,49)(H,45,46)(H,42,43,50)/t17-,18?,20-/m0/s1. The van der Waals surface area contributed by atoms with E-state index in [9.17, 15) is 35.6 Å². The molecule has 0 aliphatic heterocycles. The van der Waals surface area contributed by atoms with Gasteiger partial charge in [0.2, 0.25) is 15.9 Å². The number of benzene rings is 2. The van der Waals surface area contributed by atoms with Crippen molar-refractivity contribution in [3.05, 3.63) is 90.9 Å². The Hall–Kier alpha value is -4.95. The maximum Gasteiger partial charge on any atom is 0.306 e. The number of pyridine rings is 1. The van der Waals surface area contributed by atoms with Gasteiger partial charge < -0.3 is 5.32 Å². The Morgan fingerprint density at radius 1 is 1.11 bits per heavy atom. The first kappa shape index (κ1) is 36.0. The van der Waals surface area contributed by atoms with Gasteiger partial charge in [-0.2, -0.15) is 19.0 Å². The summed E-state index contributed by atoms with van der Waals surface area (Å²) < 4.78 is 117. The molecule has 0 bridgehead atoms. The molecule has 54 heavy (non-hydrogen) atoms. The molecule has 0 saturated heterocycles. The number of H-pyrrole nitrogens is 1. The third kappa shape index (κ3) is 6.18. The Kier molecular flexibility index (Phi) is 8.38. The van der Waals surface area contributed by atoms with E-state index in [1.54, 1.807) is 12.1 Å². The minimum Gasteiger partial charge on any atom is -0.346 e. The van der Waals surface area contributed by atoms with Crippen molar-refractivity contribution in [2.24, 2.45) is 13.0 Å². The molecule has 2 aromatic carbocycles. The van der Waals surface area contributed by atoms with Crippen molar-refractivity contribution in [2.45, 2.75) is 43.7 Å². The number of aromatic amines is 1. The number of amides is 1. The molecule has 0 radical (unpaired) electrons. The van der Waals surface area contributed by atoms with Crippen molar-refractivity contribution in [1.82, 2.24) is 34.8 Å². The Balaban J connectivity index is 1.28. The molecule has 3 atom stereocenters. The van der Waals surface area contributed by atoms with Crippen LogP contribution in [0.15, 0.2) is 41.2 Å². The number of halogens is 7. The van der Waals surface area contributed by atoms with Crippen molar-refractivity contribution in [1.29, 1.82) is 0 Å². The zero-order chi connectivity index (χ0) is 38.6. The molecule has 21 heteroatoms. The van der Waals surface area contributed by atoms with E-state index in [1.165, 1.54) is 17.8 Å². The second-order valence-corrected chi connectivity index (χ2v) is 16.4. The third-order valence-electron chi connectivity index (χ3n) is 9.44. The largest absolute Gasteiger partial charge is 0.346 e. The number of anilines is 1. The number of nitrogens with zero attached hydrogens (tertiary/aromatic N) is 5. The number of alkyl halides is 4. The number of nitrogens with one attached hydrogen (secondary N) is 3. The lowest BCUT2D eigenvalue weighted by Gasteiger charge is -2.23. The molecule has 282 valence electrons. The molecule has 1 unspecified atom stereocenters. The first-order valence-corrected chi connectivity index (χ1v) is 19.2. The van der Waals surface area contributed by atoms with E-state index in [2.05, 4.69) is 30.2 Å². The highest BCUT2D eigenvalue weighted by molar-refractivity contribution is 7.92. The highest BCUT2D eigenvalue weighted by Crippen LogP contribution is 2.68. The Morgan fingerprint density at radius 2 is 1.83 bits per heavy atom. The van der Waals surface area contributed by atoms with Gasteiger partial charge >= 0.3 is 4.87 Å². The third-order valence-corrected chi connectivity index (χ3v) is 11.1. The second-order valence-electron chi connectivity index (χ2n) is 13.2. The zero-order valence-electron chi connectivity index (χ0n) is 27.7. The molecule has 4 heterocycles. The van der Waals surface area contributed by atoms with Crippen molar-refractivity contribution >= 4 is 65.9 Å². The van der Waals surface area contributed by atoms with Gasteiger partial charge in [-0.05, 0) is 48.6 Å². The first-order valence-electron chi connectivity index (χ1n) is 16.1. The van der Waals surface area contributed by atoms with Crippen LogP contribution in [0.3, 0.4) is 0 Å². The number of carbonyl (C=O) groups excluding carboxylic acids is 1. The maximum atomic E-state index is 15.3. The number of hydrogen-bond acceptors (Lipinski definition) is 8. The minimum absolute atomic E-state index is 0.0163. The highest BCUT2D eigenvalue weighted by Gasteiger charge is 2.67. The quantitative estimate of drug-likeness (QED) is 0.138. The average Bonchev–Trinajstić information content (AvgIpc) is 3.37. The molecular formula is C33H25ClF6N8O4S2. The fourth-order valence-electron chi connectivity index (χ4n) is 7.36. The molecule has 1 fully saturated rings. The lowest BCUT2D eigenvalue weighted by molar-refractivity contribution is -0.123. The monoisotopic (exact) mass is 810 g/mol. The average molecular weight is 811 g/mol. The topological polar surface area (TPSA) is 157 Å². The molecule has 1 saturated carbocycles. The van der Waals surface area contributed by atoms with Crippen molar-refractivity contribution < 1.29 is 39.6 Å². The number of rotatable bonds is 10. The van der Waals surface area contributed by atoms with Gasteiger partial charge in [-0.3, -0.25) is 28.7 Å². The van der Waals surface area contributed by atoms with Crippen LogP contribution in [0, 0.1) is 17.6 Å². The van der Waals surface area contributed by atoms with Crippen LogP contribution in [-0.2, 0) is 40.8 Å². The number of aromatic nitrogens is 6. The molecule has 3 N–H and O–H groups in total. The molecule has 4 aromatic heterocycles. The van der Waals surface area contributed by atoms with Crippen LogP contribution in [0.5, 0.6) is 0 Å². The Labute approximate surface area is 309 Å². The van der Waals surface area contributed by atoms with E-state index in [1.807, 2.05) is 0 Å². The van der Waals surface area contributed by atoms with Gasteiger partial charge in [-0.25, -0.2) is 31.0 Å². The lowest BCUT2D eigenvalue weighted by Crippen LogP contribution is -2.35. The molecular weight excluding hydrogens is 786 g/mol. The van der Waals surface area contributed by atoms with Crippen molar-refractivity contribution in [2.75, 3.05) is 11.0 Å². The van der Waals surface area contributed by atoms with Crippen LogP contribution in [0.1, 0.15) is 53.0 Å². The fourth-order valence-corrected chi connectivity index (χ4v) is 8.81. The number of thiazole rings is 1. The van der Waals surface area contributed by atoms with Crippen molar-refractivity contribution in [3.8, 4) is 11.1 Å². The Bertz CT molecular complexity index is 2710. The van der Waals surface area contributed by atoms with Gasteiger partial charge in [0.1, 0.15) is 29.6 Å². The van der Waals surface area contributed by atoms with E-state index in [0.29, 0.717) is 21.0 Å². The van der Waals surface area contributed by atoms with Gasteiger partial charge in [-0.1, -0.05) is 29.0 Å². The molecule has 2 aliphatic rings. The molecule has 0 spiro atoms. The SMILES string of the molecule is Cn1nc(NS(C)(=O)=O)c2c(Cl)ccc(-c3cc4sc(=O)[nH]c4nc3[C@H](Cc3cc(F)cc(F)c3)NC(=O)Cn3nc(C(F)F)c4c3C(F)(F)C3C[C@H]43)c21. The van der Waals surface area contributed by atoms with E-state index >= 15 is 8.78 Å². The molecule has 2 aliphatic carbocycles. The summed E-state index contributed by atoms with van der Waals surface area (Å²) in [5, 5.41) is 11.0. The molecule has 1 amide bonds. The van der Waals surface area contributed by atoms with E-state index in [-0.39, 0.29) is 62.6 Å². The lowest BCUT2D eigenvalue weighted by atomic mass is 9.94. The second kappa shape index (κ2) is 12.6. The number of fused-ring (bicyclic) bond motifs is 5. The Morgan fingerprint density at radius 3 is 2.52 bits per heavy atom. The van der Waals surface area contributed by atoms with Crippen LogP contribution in [-0.4, -0.2) is 50.1 Å². The zero-order valence-corrected chi connectivity index (χ0v) is 30.1. The van der Waals surface area contributed by atoms with Crippen LogP contribution < -0.4 is 14.9 Å². The van der Waals surface area contributed by atoms with Gasteiger partial charge in [-0.15, -0.1) is 0 Å². The fraction of sp³-hybridized carbons (Fsp3) is 0.303. The summed E-state index contributed by atoms with van der Waals surface area (Å²) in [7, 11) is -2.32. The summed E-state index contributed by atoms with van der Waals surface area (Å²) in [6, 6.07) is 5.93. The summed E-state index contributed by atoms with van der Waals surface area (Å²) >= 11 is 7.36.